The summed E-state index contributed by atoms with van der Waals surface area (Å²) in [5.74, 6) is 0.321. The maximum absolute atomic E-state index is 13.2. The summed E-state index contributed by atoms with van der Waals surface area (Å²) in [4.78, 5) is 29.6. The van der Waals surface area contributed by atoms with E-state index in [0.29, 0.717) is 32.8 Å². The number of benzene rings is 2. The van der Waals surface area contributed by atoms with Gasteiger partial charge in [0, 0.05) is 44.1 Å². The summed E-state index contributed by atoms with van der Waals surface area (Å²) in [6.07, 6.45) is 2.02. The van der Waals surface area contributed by atoms with Gasteiger partial charge in [-0.2, -0.15) is 0 Å². The van der Waals surface area contributed by atoms with Crippen LogP contribution in [0.3, 0.4) is 0 Å². The van der Waals surface area contributed by atoms with Gasteiger partial charge in [0.25, 0.3) is 11.8 Å². The molecule has 0 saturated carbocycles. The zero-order chi connectivity index (χ0) is 21.1. The van der Waals surface area contributed by atoms with Crippen LogP contribution in [0.4, 0.5) is 11.4 Å². The monoisotopic (exact) mass is 433 g/mol. The van der Waals surface area contributed by atoms with Gasteiger partial charge in [0.05, 0.1) is 15.6 Å². The lowest BCUT2D eigenvalue weighted by Gasteiger charge is -2.31. The Morgan fingerprint density at radius 1 is 1.03 bits per heavy atom. The lowest BCUT2D eigenvalue weighted by Crippen LogP contribution is -2.38. The first-order valence-electron chi connectivity index (χ1n) is 9.63. The lowest BCUT2D eigenvalue weighted by atomic mass is 9.98. The highest BCUT2D eigenvalue weighted by Gasteiger charge is 2.24. The molecule has 2 aromatic rings. The molecule has 2 amide bonds. The van der Waals surface area contributed by atoms with E-state index < -0.39 is 0 Å². The number of piperidine rings is 1. The maximum atomic E-state index is 13.2. The fourth-order valence-electron chi connectivity index (χ4n) is 3.40. The van der Waals surface area contributed by atoms with Crippen LogP contribution in [0.2, 0.25) is 10.0 Å². The summed E-state index contributed by atoms with van der Waals surface area (Å²) >= 11 is 11.9. The normalized spacial score (nSPS) is 14.6. The van der Waals surface area contributed by atoms with Crippen molar-refractivity contribution in [1.82, 2.24) is 4.90 Å². The second-order valence-corrected chi connectivity index (χ2v) is 8.50. The average Bonchev–Trinajstić information content (AvgIpc) is 2.69. The summed E-state index contributed by atoms with van der Waals surface area (Å²) in [6.45, 7) is 3.73. The number of likely N-dealkylation sites (tertiary alicyclic amines) is 1. The third-order valence-corrected chi connectivity index (χ3v) is 5.96. The smallest absolute Gasteiger partial charge is 0.256 e. The summed E-state index contributed by atoms with van der Waals surface area (Å²) in [7, 11) is 3.80. The van der Waals surface area contributed by atoms with Crippen LogP contribution in [0.15, 0.2) is 36.4 Å². The van der Waals surface area contributed by atoms with E-state index in [0.717, 1.165) is 31.6 Å². The van der Waals surface area contributed by atoms with Gasteiger partial charge in [-0.25, -0.2) is 0 Å². The molecule has 1 fully saturated rings. The van der Waals surface area contributed by atoms with Gasteiger partial charge in [-0.15, -0.1) is 0 Å². The van der Waals surface area contributed by atoms with E-state index in [1.165, 1.54) is 6.07 Å². The molecule has 1 N–H and O–H groups in total. The van der Waals surface area contributed by atoms with E-state index in [2.05, 4.69) is 12.2 Å². The Bertz CT molecular complexity index is 922. The molecule has 2 aromatic carbocycles. The molecule has 0 spiro atoms. The third-order valence-electron chi connectivity index (χ3n) is 5.22. The predicted molar refractivity (Wildman–Crippen MR) is 119 cm³/mol. The number of nitrogens with zero attached hydrogens (tertiary/aromatic N) is 2. The zero-order valence-electron chi connectivity index (χ0n) is 16.8. The van der Waals surface area contributed by atoms with Crippen LogP contribution in [0.1, 0.15) is 40.5 Å². The topological polar surface area (TPSA) is 52.7 Å². The van der Waals surface area contributed by atoms with E-state index in [-0.39, 0.29) is 11.8 Å². The minimum absolute atomic E-state index is 0.00811. The van der Waals surface area contributed by atoms with Gasteiger partial charge in [0.1, 0.15) is 0 Å². The number of carbonyl (C=O) groups excluding carboxylic acids is 2. The number of halogens is 2. The van der Waals surface area contributed by atoms with Crippen LogP contribution in [0, 0.1) is 5.92 Å². The van der Waals surface area contributed by atoms with Crippen LogP contribution in [0.25, 0.3) is 0 Å². The van der Waals surface area contributed by atoms with Gasteiger partial charge in [-0.1, -0.05) is 30.1 Å². The number of nitrogens with one attached hydrogen (secondary N) is 1. The molecule has 154 valence electrons. The Kier molecular flexibility index (Phi) is 6.70. The van der Waals surface area contributed by atoms with Crippen LogP contribution >= 0.6 is 23.2 Å². The van der Waals surface area contributed by atoms with Crippen molar-refractivity contribution >= 4 is 46.4 Å². The molecule has 3 rings (SSSR count). The van der Waals surface area contributed by atoms with E-state index in [1.54, 1.807) is 24.3 Å². The maximum Gasteiger partial charge on any atom is 0.256 e. The van der Waals surface area contributed by atoms with Crippen molar-refractivity contribution in [1.29, 1.82) is 0 Å². The SMILES string of the molecule is CC1CCN(C(=O)c2cc(NC(=O)c3ccc(Cl)c(Cl)c3)ccc2N(C)C)CC1. The van der Waals surface area contributed by atoms with Gasteiger partial charge in [0.2, 0.25) is 0 Å². The Morgan fingerprint density at radius 2 is 1.72 bits per heavy atom. The molecule has 5 nitrogen and oxygen atoms in total. The average molecular weight is 434 g/mol. The first kappa shape index (κ1) is 21.5. The van der Waals surface area contributed by atoms with Crippen molar-refractivity contribution in [2.45, 2.75) is 19.8 Å². The summed E-state index contributed by atoms with van der Waals surface area (Å²) in [6, 6.07) is 10.1. The van der Waals surface area contributed by atoms with E-state index in [4.69, 9.17) is 23.2 Å². The highest BCUT2D eigenvalue weighted by atomic mass is 35.5. The molecule has 29 heavy (non-hydrogen) atoms. The first-order chi connectivity index (χ1) is 13.8. The van der Waals surface area contributed by atoms with Gasteiger partial charge in [0.15, 0.2) is 0 Å². The fourth-order valence-corrected chi connectivity index (χ4v) is 3.70. The predicted octanol–water partition coefficient (Wildman–Crippen LogP) is 5.18. The largest absolute Gasteiger partial charge is 0.377 e. The van der Waals surface area contributed by atoms with Crippen LogP contribution in [0.5, 0.6) is 0 Å². The highest BCUT2D eigenvalue weighted by molar-refractivity contribution is 6.42. The first-order valence-corrected chi connectivity index (χ1v) is 10.4. The second-order valence-electron chi connectivity index (χ2n) is 7.68. The molecule has 0 aliphatic carbocycles. The zero-order valence-corrected chi connectivity index (χ0v) is 18.3. The highest BCUT2D eigenvalue weighted by Crippen LogP contribution is 2.28. The number of carbonyl (C=O) groups is 2. The molecule has 7 heteroatoms. The van der Waals surface area contributed by atoms with Gasteiger partial charge >= 0.3 is 0 Å². The summed E-state index contributed by atoms with van der Waals surface area (Å²) in [5.41, 5.74) is 2.35. The Hall–Kier alpha value is -2.24. The summed E-state index contributed by atoms with van der Waals surface area (Å²) in [5, 5.41) is 3.55. The van der Waals surface area contributed by atoms with Crippen LogP contribution in [-0.2, 0) is 0 Å². The fraction of sp³-hybridized carbons (Fsp3) is 0.364. The Labute approximate surface area is 181 Å². The van der Waals surface area contributed by atoms with Gasteiger partial charge in [-0.3, -0.25) is 9.59 Å². The molecule has 1 heterocycles. The van der Waals surface area contributed by atoms with Crippen molar-refractivity contribution in [3.8, 4) is 0 Å². The van der Waals surface area contributed by atoms with Crippen molar-refractivity contribution in [3.05, 3.63) is 57.6 Å². The third kappa shape index (κ3) is 5.03. The number of hydrogen-bond acceptors (Lipinski definition) is 3. The van der Waals surface area contributed by atoms with Gasteiger partial charge < -0.3 is 15.1 Å². The van der Waals surface area contributed by atoms with E-state index in [1.807, 2.05) is 30.0 Å². The molecular formula is C22H25Cl2N3O2. The van der Waals surface area contributed by atoms with E-state index >= 15 is 0 Å². The number of anilines is 2. The van der Waals surface area contributed by atoms with Crippen molar-refractivity contribution in [3.63, 3.8) is 0 Å². The minimum atomic E-state index is -0.314. The molecular weight excluding hydrogens is 409 g/mol. The lowest BCUT2D eigenvalue weighted by molar-refractivity contribution is 0.0697. The van der Waals surface area contributed by atoms with Gasteiger partial charge in [-0.05, 0) is 55.2 Å². The molecule has 1 aliphatic rings. The minimum Gasteiger partial charge on any atom is -0.377 e. The molecule has 1 aliphatic heterocycles. The second kappa shape index (κ2) is 9.06. The summed E-state index contributed by atoms with van der Waals surface area (Å²) < 4.78 is 0. The molecule has 0 aromatic heterocycles. The van der Waals surface area contributed by atoms with Crippen LogP contribution < -0.4 is 10.2 Å². The van der Waals surface area contributed by atoms with Crippen LogP contribution in [-0.4, -0.2) is 43.9 Å². The van der Waals surface area contributed by atoms with Crippen molar-refractivity contribution < 1.29 is 9.59 Å². The van der Waals surface area contributed by atoms with E-state index in [9.17, 15) is 9.59 Å². The van der Waals surface area contributed by atoms with Crippen molar-refractivity contribution in [2.24, 2.45) is 5.92 Å². The van der Waals surface area contributed by atoms with Crippen molar-refractivity contribution in [2.75, 3.05) is 37.4 Å². The molecule has 0 bridgehead atoms. The Balaban J connectivity index is 1.85. The number of amides is 2. The standard InChI is InChI=1S/C22H25Cl2N3O2/c1-14-8-10-27(11-9-14)22(29)17-13-16(5-7-20(17)26(2)3)25-21(28)15-4-6-18(23)19(24)12-15/h4-7,12-14H,8-11H2,1-3H3,(H,25,28). The molecule has 0 atom stereocenters. The molecule has 0 radical (unpaired) electrons. The quantitative estimate of drug-likeness (QED) is 0.721. The molecule has 1 saturated heterocycles. The number of hydrogen-bond donors (Lipinski definition) is 1. The Morgan fingerprint density at radius 3 is 2.34 bits per heavy atom. The molecule has 0 unspecified atom stereocenters. The number of rotatable bonds is 4.